The first-order chi connectivity index (χ1) is 11.3. The predicted molar refractivity (Wildman–Crippen MR) is 94.0 cm³/mol. The van der Waals surface area contributed by atoms with E-state index in [9.17, 15) is 4.79 Å². The second-order valence-electron chi connectivity index (χ2n) is 6.14. The Morgan fingerprint density at radius 3 is 2.35 bits per heavy atom. The Labute approximate surface area is 138 Å². The fourth-order valence-electron chi connectivity index (χ4n) is 3.11. The predicted octanol–water partition coefficient (Wildman–Crippen LogP) is 4.44. The number of allylic oxidation sites excluding steroid dienone is 2. The normalized spacial score (nSPS) is 18.3. The Kier molecular flexibility index (Phi) is 5.25. The highest BCUT2D eigenvalue weighted by Crippen LogP contribution is 2.22. The second-order valence-corrected chi connectivity index (χ2v) is 6.14. The molecular formula is C21H23NO. The third-order valence-corrected chi connectivity index (χ3v) is 4.44. The third-order valence-electron chi connectivity index (χ3n) is 4.44. The van der Waals surface area contributed by atoms with Gasteiger partial charge < -0.3 is 5.32 Å². The highest BCUT2D eigenvalue weighted by atomic mass is 16.1. The van der Waals surface area contributed by atoms with Crippen LogP contribution in [0.1, 0.15) is 36.4 Å². The van der Waals surface area contributed by atoms with E-state index in [0.29, 0.717) is 0 Å². The number of carbonyl (C=O) groups is 1. The van der Waals surface area contributed by atoms with Crippen LogP contribution in [0.3, 0.4) is 0 Å². The molecule has 2 aromatic carbocycles. The van der Waals surface area contributed by atoms with Crippen LogP contribution in [0.5, 0.6) is 0 Å². The Morgan fingerprint density at radius 1 is 1.00 bits per heavy atom. The molecule has 0 aromatic heterocycles. The van der Waals surface area contributed by atoms with Crippen LogP contribution in [0.2, 0.25) is 0 Å². The standard InChI is InChI=1S/C21H23NO/c23-21(19-14-8-3-9-15-19)22-20(18-12-6-2-7-13-18)16-17-10-4-1-5-11-17/h1-8,10-13,19-20H,9,14-16H2,(H,22,23)/t19-,20+/m1/s1. The van der Waals surface area contributed by atoms with Crippen LogP contribution < -0.4 is 5.32 Å². The van der Waals surface area contributed by atoms with Gasteiger partial charge in [0.2, 0.25) is 5.91 Å². The molecule has 0 radical (unpaired) electrons. The molecule has 0 bridgehead atoms. The maximum atomic E-state index is 12.6. The molecule has 0 heterocycles. The minimum atomic E-state index is 0.0250. The first kappa shape index (κ1) is 15.5. The molecule has 1 aliphatic carbocycles. The maximum absolute atomic E-state index is 12.6. The van der Waals surface area contributed by atoms with Crippen molar-refractivity contribution in [2.45, 2.75) is 31.7 Å². The van der Waals surface area contributed by atoms with Gasteiger partial charge >= 0.3 is 0 Å². The number of amides is 1. The molecule has 2 nitrogen and oxygen atoms in total. The van der Waals surface area contributed by atoms with Crippen LogP contribution in [0.25, 0.3) is 0 Å². The lowest BCUT2D eigenvalue weighted by Crippen LogP contribution is -2.35. The molecule has 118 valence electrons. The van der Waals surface area contributed by atoms with E-state index in [-0.39, 0.29) is 17.9 Å². The lowest BCUT2D eigenvalue weighted by molar-refractivity contribution is -0.126. The molecule has 0 saturated heterocycles. The highest BCUT2D eigenvalue weighted by Gasteiger charge is 2.22. The van der Waals surface area contributed by atoms with Gasteiger partial charge in [-0.25, -0.2) is 0 Å². The molecule has 23 heavy (non-hydrogen) atoms. The molecule has 2 heteroatoms. The quantitative estimate of drug-likeness (QED) is 0.813. The summed E-state index contributed by atoms with van der Waals surface area (Å²) >= 11 is 0. The van der Waals surface area contributed by atoms with Gasteiger partial charge in [-0.15, -0.1) is 0 Å². The summed E-state index contributed by atoms with van der Waals surface area (Å²) in [6.07, 6.45) is 7.94. The van der Waals surface area contributed by atoms with Gasteiger partial charge in [0.1, 0.15) is 0 Å². The average Bonchev–Trinajstić information content (AvgIpc) is 2.63. The van der Waals surface area contributed by atoms with E-state index < -0.39 is 0 Å². The molecule has 1 amide bonds. The zero-order valence-electron chi connectivity index (χ0n) is 13.3. The van der Waals surface area contributed by atoms with Crippen LogP contribution in [-0.2, 0) is 11.2 Å². The van der Waals surface area contributed by atoms with Crippen molar-refractivity contribution >= 4 is 5.91 Å². The minimum Gasteiger partial charge on any atom is -0.349 e. The molecule has 2 atom stereocenters. The van der Waals surface area contributed by atoms with Crippen molar-refractivity contribution < 1.29 is 4.79 Å². The number of rotatable bonds is 5. The van der Waals surface area contributed by atoms with Crippen molar-refractivity contribution in [3.63, 3.8) is 0 Å². The number of hydrogen-bond donors (Lipinski definition) is 1. The zero-order valence-corrected chi connectivity index (χ0v) is 13.3. The zero-order chi connectivity index (χ0) is 15.9. The van der Waals surface area contributed by atoms with Gasteiger partial charge in [-0.2, -0.15) is 0 Å². The van der Waals surface area contributed by atoms with Gasteiger partial charge in [-0.05, 0) is 36.8 Å². The van der Waals surface area contributed by atoms with Crippen LogP contribution in [-0.4, -0.2) is 5.91 Å². The largest absolute Gasteiger partial charge is 0.349 e. The maximum Gasteiger partial charge on any atom is 0.223 e. The Bertz CT molecular complexity index is 648. The summed E-state index contributed by atoms with van der Waals surface area (Å²) in [6.45, 7) is 0. The third kappa shape index (κ3) is 4.32. The van der Waals surface area contributed by atoms with Crippen LogP contribution >= 0.6 is 0 Å². The van der Waals surface area contributed by atoms with E-state index in [0.717, 1.165) is 31.2 Å². The lowest BCUT2D eigenvalue weighted by atomic mass is 9.92. The van der Waals surface area contributed by atoms with E-state index in [1.165, 1.54) is 5.56 Å². The van der Waals surface area contributed by atoms with Gasteiger partial charge in [-0.1, -0.05) is 72.8 Å². The smallest absolute Gasteiger partial charge is 0.223 e. The molecule has 1 N–H and O–H groups in total. The molecule has 2 aromatic rings. The molecular weight excluding hydrogens is 282 g/mol. The van der Waals surface area contributed by atoms with Gasteiger partial charge in [0.05, 0.1) is 6.04 Å². The number of hydrogen-bond acceptors (Lipinski definition) is 1. The first-order valence-corrected chi connectivity index (χ1v) is 8.37. The Hall–Kier alpha value is -2.35. The van der Waals surface area contributed by atoms with E-state index in [4.69, 9.17) is 0 Å². The van der Waals surface area contributed by atoms with Crippen molar-refractivity contribution in [3.8, 4) is 0 Å². The fourth-order valence-corrected chi connectivity index (χ4v) is 3.11. The van der Waals surface area contributed by atoms with Crippen LogP contribution in [0, 0.1) is 5.92 Å². The molecule has 0 spiro atoms. The Morgan fingerprint density at radius 2 is 1.70 bits per heavy atom. The van der Waals surface area contributed by atoms with Crippen molar-refractivity contribution in [1.29, 1.82) is 0 Å². The summed E-state index contributed by atoms with van der Waals surface area (Å²) in [5.74, 6) is 0.293. The molecule has 0 unspecified atom stereocenters. The summed E-state index contributed by atoms with van der Waals surface area (Å²) in [5, 5.41) is 3.28. The summed E-state index contributed by atoms with van der Waals surface area (Å²) in [5.41, 5.74) is 2.40. The number of nitrogens with one attached hydrogen (secondary N) is 1. The Balaban J connectivity index is 1.75. The van der Waals surface area contributed by atoms with E-state index in [1.54, 1.807) is 0 Å². The second kappa shape index (κ2) is 7.77. The van der Waals surface area contributed by atoms with Gasteiger partial charge in [-0.3, -0.25) is 4.79 Å². The van der Waals surface area contributed by atoms with E-state index >= 15 is 0 Å². The van der Waals surface area contributed by atoms with Crippen LogP contribution in [0.15, 0.2) is 72.8 Å². The van der Waals surface area contributed by atoms with Gasteiger partial charge in [0.25, 0.3) is 0 Å². The molecule has 1 aliphatic rings. The van der Waals surface area contributed by atoms with Crippen molar-refractivity contribution in [2.75, 3.05) is 0 Å². The minimum absolute atomic E-state index is 0.0250. The van der Waals surface area contributed by atoms with E-state index in [2.05, 4.69) is 41.7 Å². The highest BCUT2D eigenvalue weighted by molar-refractivity contribution is 5.79. The topological polar surface area (TPSA) is 29.1 Å². The fraction of sp³-hybridized carbons (Fsp3) is 0.286. The molecule has 3 rings (SSSR count). The van der Waals surface area contributed by atoms with Crippen molar-refractivity contribution in [2.24, 2.45) is 5.92 Å². The molecule has 0 saturated carbocycles. The van der Waals surface area contributed by atoms with Gasteiger partial charge in [0.15, 0.2) is 0 Å². The molecule has 0 aliphatic heterocycles. The number of benzene rings is 2. The summed E-state index contributed by atoms with van der Waals surface area (Å²) in [6, 6.07) is 20.6. The summed E-state index contributed by atoms with van der Waals surface area (Å²) < 4.78 is 0. The number of carbonyl (C=O) groups excluding carboxylic acids is 1. The first-order valence-electron chi connectivity index (χ1n) is 8.37. The lowest BCUT2D eigenvalue weighted by Gasteiger charge is -2.24. The SMILES string of the molecule is O=C(N[C@@H](Cc1ccccc1)c1ccccc1)[C@@H]1CC=CCC1. The van der Waals surface area contributed by atoms with Crippen molar-refractivity contribution in [1.82, 2.24) is 5.32 Å². The van der Waals surface area contributed by atoms with E-state index in [1.807, 2.05) is 36.4 Å². The molecule has 0 fully saturated rings. The average molecular weight is 305 g/mol. The summed E-state index contributed by atoms with van der Waals surface area (Å²) in [7, 11) is 0. The van der Waals surface area contributed by atoms with Gasteiger partial charge in [0, 0.05) is 5.92 Å². The van der Waals surface area contributed by atoms with Crippen LogP contribution in [0.4, 0.5) is 0 Å². The monoisotopic (exact) mass is 305 g/mol. The van der Waals surface area contributed by atoms with Crippen molar-refractivity contribution in [3.05, 3.63) is 83.9 Å². The summed E-state index contributed by atoms with van der Waals surface area (Å²) in [4.78, 5) is 12.6.